The number of carbonyl (C=O) groups excluding carboxylic acids is 2. The molecule has 0 aliphatic rings. The van der Waals surface area contributed by atoms with Crippen LogP contribution in [0.15, 0.2) is 81.9 Å². The van der Waals surface area contributed by atoms with Crippen LogP contribution in [0, 0.1) is 6.92 Å². The van der Waals surface area contributed by atoms with Crippen LogP contribution in [-0.4, -0.2) is 38.0 Å². The maximum Gasteiger partial charge on any atom is 0.305 e. The zero-order valence-electron chi connectivity index (χ0n) is 21.2. The second kappa shape index (κ2) is 11.5. The predicted octanol–water partition coefficient (Wildman–Crippen LogP) is 4.39. The lowest BCUT2D eigenvalue weighted by atomic mass is 10.0. The quantitative estimate of drug-likeness (QED) is 0.199. The molecule has 0 bridgehead atoms. The number of anilines is 3. The highest BCUT2D eigenvalue weighted by Crippen LogP contribution is 2.24. The summed E-state index contributed by atoms with van der Waals surface area (Å²) in [5, 5.41) is 21.5. The van der Waals surface area contributed by atoms with E-state index in [0.29, 0.717) is 39.9 Å². The maximum absolute atomic E-state index is 12.7. The summed E-state index contributed by atoms with van der Waals surface area (Å²) < 4.78 is 10.7. The van der Waals surface area contributed by atoms with Crippen molar-refractivity contribution in [1.82, 2.24) is 20.4 Å². The third-order valence-corrected chi connectivity index (χ3v) is 5.86. The fraction of sp³-hybridized carbons (Fsp3) is 0.143. The highest BCUT2D eigenvalue weighted by Gasteiger charge is 2.21. The number of aliphatic carboxylic acids is 1. The Balaban J connectivity index is 1.21. The van der Waals surface area contributed by atoms with Gasteiger partial charge in [-0.05, 0) is 54.4 Å². The molecule has 12 nitrogen and oxygen atoms in total. The van der Waals surface area contributed by atoms with Crippen molar-refractivity contribution in [3.05, 3.63) is 95.5 Å². The van der Waals surface area contributed by atoms with E-state index in [9.17, 15) is 19.5 Å². The van der Waals surface area contributed by atoms with Crippen molar-refractivity contribution >= 4 is 46.4 Å². The standard InChI is InChI=1S/C28H24N6O6/c1-16-12-22(34-40-16)27(38)31-21(15-26(36)37)18-6-8-19(9-7-18)30-25(35)14-17-5-10-20-23(13-17)39-28(32-20)33-24-4-2-3-11-29-24/h2-13,21H,14-15H2,1H3,(H,30,35)(H,31,38)(H,36,37)(H,29,32,33)/t21-/m0/s1. The summed E-state index contributed by atoms with van der Waals surface area (Å²) in [5.41, 5.74) is 3.03. The molecule has 5 aromatic rings. The Hall–Kier alpha value is -5.52. The van der Waals surface area contributed by atoms with Crippen LogP contribution < -0.4 is 16.0 Å². The fourth-order valence-electron chi connectivity index (χ4n) is 4.00. The second-order valence-corrected chi connectivity index (χ2v) is 8.95. The van der Waals surface area contributed by atoms with Crippen molar-refractivity contribution < 1.29 is 28.4 Å². The number of aromatic nitrogens is 3. The van der Waals surface area contributed by atoms with Gasteiger partial charge in [0.25, 0.3) is 5.91 Å². The maximum atomic E-state index is 12.7. The molecule has 2 amide bonds. The van der Waals surface area contributed by atoms with Gasteiger partial charge in [-0.3, -0.25) is 19.7 Å². The van der Waals surface area contributed by atoms with Crippen molar-refractivity contribution in [3.63, 3.8) is 0 Å². The van der Waals surface area contributed by atoms with E-state index >= 15 is 0 Å². The molecule has 0 saturated heterocycles. The van der Waals surface area contributed by atoms with Crippen molar-refractivity contribution in [2.75, 3.05) is 10.6 Å². The summed E-state index contributed by atoms with van der Waals surface area (Å²) in [6.45, 7) is 1.65. The number of rotatable bonds is 10. The number of amides is 2. The smallest absolute Gasteiger partial charge is 0.305 e. The lowest BCUT2D eigenvalue weighted by Gasteiger charge is -2.17. The molecular formula is C28H24N6O6. The van der Waals surface area contributed by atoms with Gasteiger partial charge in [0, 0.05) is 18.0 Å². The van der Waals surface area contributed by atoms with E-state index < -0.39 is 17.9 Å². The van der Waals surface area contributed by atoms with Crippen molar-refractivity contribution in [2.45, 2.75) is 25.8 Å². The van der Waals surface area contributed by atoms with Crippen molar-refractivity contribution in [3.8, 4) is 0 Å². The Morgan fingerprint density at radius 1 is 1.02 bits per heavy atom. The van der Waals surface area contributed by atoms with Crippen LogP contribution in [0.25, 0.3) is 11.1 Å². The van der Waals surface area contributed by atoms with E-state index in [4.69, 9.17) is 8.94 Å². The molecule has 1 atom stereocenters. The van der Waals surface area contributed by atoms with E-state index in [0.717, 1.165) is 5.56 Å². The number of nitrogens with zero attached hydrogens (tertiary/aromatic N) is 3. The summed E-state index contributed by atoms with van der Waals surface area (Å²) in [6.07, 6.45) is 1.41. The molecule has 3 aromatic heterocycles. The van der Waals surface area contributed by atoms with E-state index in [2.05, 4.69) is 31.1 Å². The molecule has 12 heteroatoms. The first kappa shape index (κ1) is 26.1. The number of hydrogen-bond acceptors (Lipinski definition) is 9. The molecule has 0 spiro atoms. The highest BCUT2D eigenvalue weighted by atomic mass is 16.5. The number of nitrogens with one attached hydrogen (secondary N) is 3. The Kier molecular flexibility index (Phi) is 7.49. The number of benzene rings is 2. The number of hydrogen-bond donors (Lipinski definition) is 4. The molecule has 0 unspecified atom stereocenters. The number of carboxylic acid groups (broad SMARTS) is 1. The number of fused-ring (bicyclic) bond motifs is 1. The van der Waals surface area contributed by atoms with Gasteiger partial charge < -0.3 is 24.7 Å². The van der Waals surface area contributed by atoms with Crippen LogP contribution in [0.3, 0.4) is 0 Å². The average Bonchev–Trinajstić information content (AvgIpc) is 3.54. The van der Waals surface area contributed by atoms with Crippen LogP contribution in [0.1, 0.15) is 39.8 Å². The zero-order chi connectivity index (χ0) is 28.1. The molecule has 0 aliphatic heterocycles. The van der Waals surface area contributed by atoms with E-state index in [1.807, 2.05) is 6.07 Å². The SMILES string of the molecule is Cc1cc(C(=O)N[C@@H](CC(=O)O)c2ccc(NC(=O)Cc3ccc4nc(Nc5ccccn5)oc4c3)cc2)no1. The predicted molar refractivity (Wildman–Crippen MR) is 144 cm³/mol. The van der Waals surface area contributed by atoms with Crippen LogP contribution in [-0.2, 0) is 16.0 Å². The van der Waals surface area contributed by atoms with Crippen LogP contribution in [0.2, 0.25) is 0 Å². The highest BCUT2D eigenvalue weighted by molar-refractivity contribution is 5.93. The molecule has 4 N–H and O–H groups in total. The molecule has 0 fully saturated rings. The molecule has 202 valence electrons. The minimum Gasteiger partial charge on any atom is -0.481 e. The van der Waals surface area contributed by atoms with Gasteiger partial charge >= 0.3 is 12.0 Å². The first-order valence-electron chi connectivity index (χ1n) is 12.3. The van der Waals surface area contributed by atoms with Gasteiger partial charge in [-0.15, -0.1) is 0 Å². The molecule has 0 saturated carbocycles. The number of oxazole rings is 1. The molecule has 0 aliphatic carbocycles. The van der Waals surface area contributed by atoms with Gasteiger partial charge in [0.1, 0.15) is 17.1 Å². The van der Waals surface area contributed by atoms with Crippen molar-refractivity contribution in [2.24, 2.45) is 0 Å². The average molecular weight is 541 g/mol. The lowest BCUT2D eigenvalue weighted by Crippen LogP contribution is -2.30. The third-order valence-electron chi connectivity index (χ3n) is 5.86. The van der Waals surface area contributed by atoms with E-state index in [-0.39, 0.29) is 24.4 Å². The molecule has 5 rings (SSSR count). The molecular weight excluding hydrogens is 516 g/mol. The van der Waals surface area contributed by atoms with E-state index in [1.165, 1.54) is 6.07 Å². The van der Waals surface area contributed by atoms with Crippen LogP contribution >= 0.6 is 0 Å². The van der Waals surface area contributed by atoms with Crippen LogP contribution in [0.5, 0.6) is 0 Å². The monoisotopic (exact) mass is 540 g/mol. The zero-order valence-corrected chi connectivity index (χ0v) is 21.2. The lowest BCUT2D eigenvalue weighted by molar-refractivity contribution is -0.137. The summed E-state index contributed by atoms with van der Waals surface area (Å²) in [6, 6.07) is 18.3. The Morgan fingerprint density at radius 3 is 2.55 bits per heavy atom. The van der Waals surface area contributed by atoms with Gasteiger partial charge in [-0.2, -0.15) is 4.98 Å². The second-order valence-electron chi connectivity index (χ2n) is 8.95. The summed E-state index contributed by atoms with van der Waals surface area (Å²) >= 11 is 0. The van der Waals surface area contributed by atoms with Gasteiger partial charge in [0.05, 0.1) is 18.9 Å². The summed E-state index contributed by atoms with van der Waals surface area (Å²) in [7, 11) is 0. The molecule has 3 heterocycles. The van der Waals surface area contributed by atoms with Gasteiger partial charge in [-0.25, -0.2) is 4.98 Å². The number of carbonyl (C=O) groups is 3. The minimum absolute atomic E-state index is 0.0565. The number of pyridine rings is 1. The molecule has 0 radical (unpaired) electrons. The fourth-order valence-corrected chi connectivity index (χ4v) is 4.00. The minimum atomic E-state index is -1.08. The third kappa shape index (κ3) is 6.48. The summed E-state index contributed by atoms with van der Waals surface area (Å²) in [5.74, 6) is -0.828. The first-order valence-corrected chi connectivity index (χ1v) is 12.3. The molecule has 2 aromatic carbocycles. The number of carboxylic acids is 1. The van der Waals surface area contributed by atoms with Gasteiger partial charge in [0.2, 0.25) is 5.91 Å². The Labute approximate surface area is 227 Å². The van der Waals surface area contributed by atoms with Gasteiger partial charge in [0.15, 0.2) is 11.3 Å². The topological polar surface area (TPSA) is 172 Å². The Morgan fingerprint density at radius 2 is 1.85 bits per heavy atom. The Bertz CT molecular complexity index is 1660. The largest absolute Gasteiger partial charge is 0.481 e. The first-order chi connectivity index (χ1) is 19.3. The van der Waals surface area contributed by atoms with Crippen LogP contribution in [0.4, 0.5) is 17.5 Å². The summed E-state index contributed by atoms with van der Waals surface area (Å²) in [4.78, 5) is 45.1. The molecule has 40 heavy (non-hydrogen) atoms. The van der Waals surface area contributed by atoms with E-state index in [1.54, 1.807) is 67.7 Å². The number of aryl methyl sites for hydroxylation is 1. The normalized spacial score (nSPS) is 11.6. The van der Waals surface area contributed by atoms with Crippen molar-refractivity contribution in [1.29, 1.82) is 0 Å². The van der Waals surface area contributed by atoms with Gasteiger partial charge in [-0.1, -0.05) is 29.4 Å².